The Balaban J connectivity index is 1.84. The molecule has 4 nitrogen and oxygen atoms in total. The first-order chi connectivity index (χ1) is 15.7. The molecule has 3 aromatic carbocycles. The van der Waals surface area contributed by atoms with E-state index in [1.807, 2.05) is 19.1 Å². The number of fused-ring (bicyclic) bond motifs is 5. The highest BCUT2D eigenvalue weighted by Crippen LogP contribution is 2.54. The van der Waals surface area contributed by atoms with Crippen molar-refractivity contribution in [1.82, 2.24) is 0 Å². The molecule has 2 heterocycles. The van der Waals surface area contributed by atoms with Gasteiger partial charge in [-0.15, -0.1) is 0 Å². The molecule has 0 amide bonds. The van der Waals surface area contributed by atoms with Crippen molar-refractivity contribution in [2.24, 2.45) is 0 Å². The summed E-state index contributed by atoms with van der Waals surface area (Å²) in [7, 11) is 1.49. The predicted molar refractivity (Wildman–Crippen MR) is 126 cm³/mol. The van der Waals surface area contributed by atoms with Crippen LogP contribution >= 0.6 is 0 Å². The summed E-state index contributed by atoms with van der Waals surface area (Å²) in [6, 6.07) is 10.4. The summed E-state index contributed by atoms with van der Waals surface area (Å²) in [6.45, 7) is 6.19. The van der Waals surface area contributed by atoms with E-state index >= 15 is 0 Å². The van der Waals surface area contributed by atoms with E-state index in [0.29, 0.717) is 28.4 Å². The van der Waals surface area contributed by atoms with Crippen molar-refractivity contribution < 1.29 is 23.4 Å². The molecule has 0 unspecified atom stereocenters. The van der Waals surface area contributed by atoms with Crippen molar-refractivity contribution >= 4 is 23.1 Å². The summed E-state index contributed by atoms with van der Waals surface area (Å²) < 4.78 is 39.6. The zero-order valence-electron chi connectivity index (χ0n) is 18.7. The number of phenolic OH excluding ortho intramolecular Hbond substituents is 1. The topological polar surface area (TPSA) is 50.7 Å². The molecular formula is C27H23F2NO3. The Hall–Kier alpha value is -3.80. The van der Waals surface area contributed by atoms with Crippen LogP contribution in [0.25, 0.3) is 28.5 Å². The maximum atomic E-state index is 13.9. The number of phenols is 1. The Morgan fingerprint density at radius 3 is 2.42 bits per heavy atom. The van der Waals surface area contributed by atoms with E-state index in [2.05, 4.69) is 25.2 Å². The van der Waals surface area contributed by atoms with Crippen LogP contribution < -0.4 is 14.8 Å². The van der Waals surface area contributed by atoms with E-state index in [1.165, 1.54) is 25.3 Å². The van der Waals surface area contributed by atoms with Crippen LogP contribution in [0.1, 0.15) is 37.5 Å². The SMILES string of the molecule is COc1c(O)ccc2c1-c1ccc3c(c1/C(=C\c1cc(F)cc(F)c1)O2)C(C)=CC(C)(C)N3. The summed E-state index contributed by atoms with van der Waals surface area (Å²) in [6.07, 6.45) is 3.75. The Kier molecular flexibility index (Phi) is 4.71. The van der Waals surface area contributed by atoms with Gasteiger partial charge in [-0.25, -0.2) is 8.78 Å². The van der Waals surface area contributed by atoms with Crippen LogP contribution in [-0.2, 0) is 0 Å². The van der Waals surface area contributed by atoms with Crippen molar-refractivity contribution in [1.29, 1.82) is 0 Å². The van der Waals surface area contributed by atoms with E-state index in [9.17, 15) is 13.9 Å². The maximum absolute atomic E-state index is 13.9. The Bertz CT molecular complexity index is 1350. The minimum absolute atomic E-state index is 0.00493. The molecule has 0 atom stereocenters. The molecule has 0 saturated carbocycles. The third-order valence-corrected chi connectivity index (χ3v) is 5.85. The van der Waals surface area contributed by atoms with E-state index in [-0.39, 0.29) is 11.3 Å². The highest BCUT2D eigenvalue weighted by Gasteiger charge is 2.33. The minimum atomic E-state index is -0.667. The lowest BCUT2D eigenvalue weighted by Crippen LogP contribution is -2.32. The highest BCUT2D eigenvalue weighted by molar-refractivity contribution is 6.02. The zero-order chi connectivity index (χ0) is 23.5. The van der Waals surface area contributed by atoms with Gasteiger partial charge in [0.15, 0.2) is 11.5 Å². The number of aromatic hydroxyl groups is 1. The first-order valence-electron chi connectivity index (χ1n) is 10.6. The van der Waals surface area contributed by atoms with Gasteiger partial charge >= 0.3 is 0 Å². The number of halogens is 2. The molecule has 0 bridgehead atoms. The van der Waals surface area contributed by atoms with Gasteiger partial charge < -0.3 is 19.9 Å². The molecule has 2 N–H and O–H groups in total. The summed E-state index contributed by atoms with van der Waals surface area (Å²) >= 11 is 0. The molecule has 6 heteroatoms. The third kappa shape index (κ3) is 3.52. The number of benzene rings is 3. The number of hydrogen-bond acceptors (Lipinski definition) is 4. The fourth-order valence-electron chi connectivity index (χ4n) is 4.76. The van der Waals surface area contributed by atoms with Crippen molar-refractivity contribution in [2.75, 3.05) is 12.4 Å². The van der Waals surface area contributed by atoms with Gasteiger partial charge in [-0.3, -0.25) is 0 Å². The van der Waals surface area contributed by atoms with Crippen LogP contribution in [0.4, 0.5) is 14.5 Å². The van der Waals surface area contributed by atoms with E-state index < -0.39 is 11.6 Å². The van der Waals surface area contributed by atoms with Gasteiger partial charge in [0.05, 0.1) is 18.2 Å². The highest BCUT2D eigenvalue weighted by atomic mass is 19.1. The Labute approximate surface area is 190 Å². The standard InChI is InChI=1S/C27H23F2NO3/c1-14-13-27(2,3)30-19-6-5-18-24(23(14)19)22(11-15-9-16(28)12-17(29)10-15)33-21-8-7-20(31)26(32-4)25(18)21/h5-13,30-31H,1-4H3/b22-11+. The number of ether oxygens (including phenoxy) is 2. The van der Waals surface area contributed by atoms with Crippen molar-refractivity contribution in [3.63, 3.8) is 0 Å². The molecule has 5 rings (SSSR count). The Morgan fingerprint density at radius 2 is 1.73 bits per heavy atom. The van der Waals surface area contributed by atoms with Gasteiger partial charge in [0, 0.05) is 28.4 Å². The van der Waals surface area contributed by atoms with Crippen LogP contribution in [0, 0.1) is 11.6 Å². The van der Waals surface area contributed by atoms with Crippen LogP contribution in [0.2, 0.25) is 0 Å². The molecule has 3 aromatic rings. The van der Waals surface area contributed by atoms with E-state index in [0.717, 1.165) is 34.0 Å². The molecule has 168 valence electrons. The van der Waals surface area contributed by atoms with Crippen LogP contribution in [0.5, 0.6) is 17.2 Å². The molecule has 0 fully saturated rings. The Morgan fingerprint density at radius 1 is 1.00 bits per heavy atom. The fourth-order valence-corrected chi connectivity index (χ4v) is 4.76. The smallest absolute Gasteiger partial charge is 0.172 e. The zero-order valence-corrected chi connectivity index (χ0v) is 18.7. The second-order valence-electron chi connectivity index (χ2n) is 8.89. The summed E-state index contributed by atoms with van der Waals surface area (Å²) in [5.41, 5.74) is 5.14. The molecule has 2 aliphatic rings. The van der Waals surface area contributed by atoms with Gasteiger partial charge in [0.1, 0.15) is 23.1 Å². The second-order valence-corrected chi connectivity index (χ2v) is 8.89. The number of hydrogen-bond donors (Lipinski definition) is 2. The largest absolute Gasteiger partial charge is 0.504 e. The average Bonchev–Trinajstić information content (AvgIpc) is 2.72. The molecule has 0 spiro atoms. The van der Waals surface area contributed by atoms with Gasteiger partial charge in [0.2, 0.25) is 0 Å². The molecule has 0 aliphatic carbocycles. The van der Waals surface area contributed by atoms with Crippen molar-refractivity contribution in [3.8, 4) is 28.4 Å². The van der Waals surface area contributed by atoms with Crippen molar-refractivity contribution in [3.05, 3.63) is 76.9 Å². The van der Waals surface area contributed by atoms with E-state index in [1.54, 1.807) is 12.1 Å². The molecule has 0 saturated heterocycles. The van der Waals surface area contributed by atoms with Crippen LogP contribution in [0.15, 0.2) is 48.5 Å². The third-order valence-electron chi connectivity index (χ3n) is 5.85. The summed E-state index contributed by atoms with van der Waals surface area (Å²) in [5.74, 6) is -0.115. The monoisotopic (exact) mass is 447 g/mol. The molecular weight excluding hydrogens is 424 g/mol. The minimum Gasteiger partial charge on any atom is -0.504 e. The molecule has 0 radical (unpaired) electrons. The average molecular weight is 447 g/mol. The number of nitrogens with one attached hydrogen (secondary N) is 1. The summed E-state index contributed by atoms with van der Waals surface area (Å²) in [5, 5.41) is 13.9. The van der Waals surface area contributed by atoms with Gasteiger partial charge in [-0.2, -0.15) is 0 Å². The second kappa shape index (κ2) is 7.37. The molecule has 0 aromatic heterocycles. The maximum Gasteiger partial charge on any atom is 0.172 e. The number of allylic oxidation sites excluding steroid dienone is 1. The summed E-state index contributed by atoms with van der Waals surface area (Å²) in [4.78, 5) is 0. The van der Waals surface area contributed by atoms with Gasteiger partial charge in [-0.1, -0.05) is 12.1 Å². The van der Waals surface area contributed by atoms with Gasteiger partial charge in [0.25, 0.3) is 0 Å². The normalized spacial score (nSPS) is 16.7. The van der Waals surface area contributed by atoms with Gasteiger partial charge in [-0.05, 0) is 68.3 Å². The van der Waals surface area contributed by atoms with E-state index in [4.69, 9.17) is 9.47 Å². The van der Waals surface area contributed by atoms with Crippen molar-refractivity contribution in [2.45, 2.75) is 26.3 Å². The number of anilines is 1. The lowest BCUT2D eigenvalue weighted by molar-refractivity contribution is 0.371. The number of methoxy groups -OCH3 is 1. The predicted octanol–water partition coefficient (Wildman–Crippen LogP) is 6.84. The quantitative estimate of drug-likeness (QED) is 0.451. The van der Waals surface area contributed by atoms with Crippen LogP contribution in [-0.4, -0.2) is 17.8 Å². The number of rotatable bonds is 2. The lowest BCUT2D eigenvalue weighted by Gasteiger charge is -2.35. The first-order valence-corrected chi connectivity index (χ1v) is 10.6. The first kappa shape index (κ1) is 21.1. The lowest BCUT2D eigenvalue weighted by atomic mass is 9.83. The molecule has 2 aliphatic heterocycles. The van der Waals surface area contributed by atoms with Crippen LogP contribution in [0.3, 0.4) is 0 Å². The molecule has 33 heavy (non-hydrogen) atoms. The fraction of sp³-hybridized carbons (Fsp3) is 0.185.